The number of hydrogen-bond acceptors (Lipinski definition) is 7. The molecule has 2 amide bonds. The summed E-state index contributed by atoms with van der Waals surface area (Å²) in [6.07, 6.45) is 7.63. The molecule has 2 aliphatic rings. The maximum atomic E-state index is 13.6. The number of fused-ring (bicyclic) bond motifs is 3. The summed E-state index contributed by atoms with van der Waals surface area (Å²) in [6.45, 7) is 3.42. The number of anilines is 2. The number of hydrogen-bond donors (Lipinski definition) is 2. The number of piperidine rings is 1. The smallest absolute Gasteiger partial charge is 0.246 e. The lowest BCUT2D eigenvalue weighted by atomic mass is 9.97. The van der Waals surface area contributed by atoms with Crippen LogP contribution in [0.2, 0.25) is 5.02 Å². The minimum Gasteiger partial charge on any atom is -0.359 e. The predicted octanol–water partition coefficient (Wildman–Crippen LogP) is 4.13. The predicted molar refractivity (Wildman–Crippen MR) is 144 cm³/mol. The van der Waals surface area contributed by atoms with Gasteiger partial charge in [-0.15, -0.1) is 11.3 Å². The van der Waals surface area contributed by atoms with Crippen molar-refractivity contribution in [2.24, 2.45) is 5.92 Å². The van der Waals surface area contributed by atoms with E-state index in [0.717, 1.165) is 40.0 Å². The Kier molecular flexibility index (Phi) is 7.68. The molecule has 0 spiro atoms. The number of likely N-dealkylation sites (tertiary alicyclic amines) is 1. The Bertz CT molecular complexity index is 1360. The molecule has 0 radical (unpaired) electrons. The van der Waals surface area contributed by atoms with Crippen molar-refractivity contribution in [2.45, 2.75) is 25.8 Å². The first-order valence-electron chi connectivity index (χ1n) is 12.3. The van der Waals surface area contributed by atoms with Gasteiger partial charge in [-0.3, -0.25) is 14.5 Å². The van der Waals surface area contributed by atoms with Crippen LogP contribution in [0.4, 0.5) is 15.9 Å². The van der Waals surface area contributed by atoms with E-state index in [1.807, 2.05) is 11.0 Å². The summed E-state index contributed by atoms with van der Waals surface area (Å²) in [4.78, 5) is 39.8. The topological polar surface area (TPSA) is 90.5 Å². The molecule has 4 heterocycles. The maximum Gasteiger partial charge on any atom is 0.246 e. The Labute approximate surface area is 223 Å². The fraction of sp³-hybridized carbons (Fsp3) is 0.385. The lowest BCUT2D eigenvalue weighted by molar-refractivity contribution is -0.127. The maximum absolute atomic E-state index is 13.6. The van der Waals surface area contributed by atoms with Crippen LogP contribution in [0, 0.1) is 11.7 Å². The molecular formula is C26H28ClFN6O2S. The molecule has 1 saturated heterocycles. The van der Waals surface area contributed by atoms with Gasteiger partial charge in [0.15, 0.2) is 0 Å². The van der Waals surface area contributed by atoms with Gasteiger partial charge in [0.2, 0.25) is 11.8 Å². The van der Waals surface area contributed by atoms with Crippen molar-refractivity contribution in [1.82, 2.24) is 25.1 Å². The summed E-state index contributed by atoms with van der Waals surface area (Å²) in [7, 11) is 1.67. The molecule has 3 aromatic rings. The van der Waals surface area contributed by atoms with Crippen LogP contribution in [-0.2, 0) is 22.6 Å². The molecule has 2 N–H and O–H groups in total. The third-order valence-corrected chi connectivity index (χ3v) is 8.29. The van der Waals surface area contributed by atoms with E-state index in [-0.39, 0.29) is 22.8 Å². The van der Waals surface area contributed by atoms with Crippen molar-refractivity contribution in [2.75, 3.05) is 38.5 Å². The quantitative estimate of drug-likeness (QED) is 0.455. The Hall–Kier alpha value is -3.08. The minimum absolute atomic E-state index is 0.0128. The summed E-state index contributed by atoms with van der Waals surface area (Å²) >= 11 is 7.50. The lowest BCUT2D eigenvalue weighted by Crippen LogP contribution is -2.42. The van der Waals surface area contributed by atoms with Gasteiger partial charge in [0, 0.05) is 43.3 Å². The Morgan fingerprint density at radius 1 is 1.30 bits per heavy atom. The first-order valence-corrected chi connectivity index (χ1v) is 13.5. The number of amides is 2. The van der Waals surface area contributed by atoms with Crippen molar-refractivity contribution in [1.29, 1.82) is 0 Å². The van der Waals surface area contributed by atoms with E-state index >= 15 is 0 Å². The highest BCUT2D eigenvalue weighted by atomic mass is 35.5. The molecule has 8 nitrogen and oxygen atoms in total. The number of aromatic nitrogens is 2. The second-order valence-corrected chi connectivity index (χ2v) is 10.8. The first kappa shape index (κ1) is 25.6. The summed E-state index contributed by atoms with van der Waals surface area (Å²) in [6, 6.07) is 4.46. The molecule has 5 rings (SSSR count). The number of carbonyl (C=O) groups excluding carboxylic acids is 2. The highest BCUT2D eigenvalue weighted by molar-refractivity contribution is 7.19. The second kappa shape index (κ2) is 11.1. The number of nitrogens with one attached hydrogen (secondary N) is 2. The zero-order valence-electron chi connectivity index (χ0n) is 20.5. The van der Waals surface area contributed by atoms with Crippen molar-refractivity contribution >= 4 is 56.5 Å². The zero-order valence-corrected chi connectivity index (χ0v) is 22.0. The molecule has 1 aromatic carbocycles. The van der Waals surface area contributed by atoms with Crippen LogP contribution in [0.1, 0.15) is 23.3 Å². The minimum atomic E-state index is -0.476. The van der Waals surface area contributed by atoms with E-state index in [1.54, 1.807) is 30.5 Å². The molecule has 0 aliphatic carbocycles. The number of rotatable bonds is 6. The van der Waals surface area contributed by atoms with E-state index in [2.05, 4.69) is 25.5 Å². The number of thiophene rings is 1. The summed E-state index contributed by atoms with van der Waals surface area (Å²) in [5.74, 6) is 0.242. The molecule has 1 fully saturated rings. The van der Waals surface area contributed by atoms with Gasteiger partial charge >= 0.3 is 0 Å². The van der Waals surface area contributed by atoms with E-state index in [9.17, 15) is 14.0 Å². The first-order chi connectivity index (χ1) is 17.9. The molecule has 0 bridgehead atoms. The van der Waals surface area contributed by atoms with Gasteiger partial charge in [-0.05, 0) is 49.6 Å². The van der Waals surface area contributed by atoms with E-state index in [1.165, 1.54) is 18.5 Å². The van der Waals surface area contributed by atoms with Crippen molar-refractivity contribution in [3.63, 3.8) is 0 Å². The van der Waals surface area contributed by atoms with Crippen molar-refractivity contribution < 1.29 is 14.0 Å². The highest BCUT2D eigenvalue weighted by Gasteiger charge is 2.26. The van der Waals surface area contributed by atoms with Gasteiger partial charge < -0.3 is 15.5 Å². The zero-order chi connectivity index (χ0) is 25.9. The fourth-order valence-corrected chi connectivity index (χ4v) is 6.35. The van der Waals surface area contributed by atoms with Crippen LogP contribution in [0.15, 0.2) is 36.7 Å². The molecule has 37 heavy (non-hydrogen) atoms. The lowest BCUT2D eigenvalue weighted by Gasteiger charge is -2.31. The van der Waals surface area contributed by atoms with Crippen molar-refractivity contribution in [3.8, 4) is 0 Å². The third-order valence-electron chi connectivity index (χ3n) is 6.88. The Balaban J connectivity index is 1.25. The molecular weight excluding hydrogens is 515 g/mol. The van der Waals surface area contributed by atoms with Crippen LogP contribution < -0.4 is 10.6 Å². The summed E-state index contributed by atoms with van der Waals surface area (Å²) in [5, 5.41) is 6.95. The van der Waals surface area contributed by atoms with Crippen LogP contribution in [0.3, 0.4) is 0 Å². The average molecular weight is 543 g/mol. The summed E-state index contributed by atoms with van der Waals surface area (Å²) < 4.78 is 13.6. The van der Waals surface area contributed by atoms with Crippen LogP contribution >= 0.6 is 22.9 Å². The normalized spacial score (nSPS) is 18.2. The van der Waals surface area contributed by atoms with Crippen LogP contribution in [0.25, 0.3) is 10.2 Å². The van der Waals surface area contributed by atoms with E-state index < -0.39 is 5.82 Å². The number of halogens is 2. The fourth-order valence-electron chi connectivity index (χ4n) is 4.97. The van der Waals surface area contributed by atoms with E-state index in [4.69, 9.17) is 11.6 Å². The average Bonchev–Trinajstić information content (AvgIpc) is 3.29. The van der Waals surface area contributed by atoms with Crippen molar-refractivity contribution in [3.05, 3.63) is 58.0 Å². The van der Waals surface area contributed by atoms with Gasteiger partial charge in [0.1, 0.15) is 22.8 Å². The number of carbonyl (C=O) groups is 2. The standard InChI is InChI=1S/C26H28ClFN6O2S/c1-29-25(36)16-4-2-9-33(13-16)10-3-5-22(35)34-11-8-18-21(14-34)37-26-23(18)24(30-15-31-26)32-17-6-7-20(28)19(27)12-17/h3,5-7,12,15-16H,2,4,8-11,13-14H2,1H3,(H,29,36)(H,30,31,32)/b5-3+. The monoisotopic (exact) mass is 542 g/mol. The van der Waals surface area contributed by atoms with Gasteiger partial charge in [0.05, 0.1) is 22.9 Å². The van der Waals surface area contributed by atoms with Gasteiger partial charge in [-0.1, -0.05) is 17.7 Å². The second-order valence-electron chi connectivity index (χ2n) is 9.29. The molecule has 2 aliphatic heterocycles. The SMILES string of the molecule is CNC(=O)C1CCCN(C/C=C/C(=O)N2CCc3c(sc4ncnc(Nc5ccc(F)c(Cl)c5)c34)C2)C1. The Morgan fingerprint density at radius 3 is 2.97 bits per heavy atom. The van der Waals surface area contributed by atoms with E-state index in [0.29, 0.717) is 44.1 Å². The third kappa shape index (κ3) is 5.61. The van der Waals surface area contributed by atoms with Crippen LogP contribution in [0.5, 0.6) is 0 Å². The molecule has 2 aromatic heterocycles. The largest absolute Gasteiger partial charge is 0.359 e. The number of nitrogens with zero attached hydrogens (tertiary/aromatic N) is 4. The Morgan fingerprint density at radius 2 is 2.16 bits per heavy atom. The van der Waals surface area contributed by atoms with Gasteiger partial charge in [-0.25, -0.2) is 14.4 Å². The van der Waals surface area contributed by atoms with Gasteiger partial charge in [-0.2, -0.15) is 0 Å². The van der Waals surface area contributed by atoms with Crippen LogP contribution in [-0.4, -0.2) is 64.8 Å². The highest BCUT2D eigenvalue weighted by Crippen LogP contribution is 2.38. The molecule has 0 saturated carbocycles. The number of benzene rings is 1. The summed E-state index contributed by atoms with van der Waals surface area (Å²) in [5.41, 5.74) is 1.78. The molecule has 1 atom stereocenters. The molecule has 1 unspecified atom stereocenters. The van der Waals surface area contributed by atoms with Gasteiger partial charge in [0.25, 0.3) is 0 Å². The molecule has 11 heteroatoms. The molecule has 194 valence electrons.